The highest BCUT2D eigenvalue weighted by Crippen LogP contribution is 2.30. The number of anilines is 1. The number of nitrogens with zero attached hydrogens (tertiary/aromatic N) is 6. The topological polar surface area (TPSA) is 82.1 Å². The Kier molecular flexibility index (Phi) is 6.76. The molecule has 0 unspecified atom stereocenters. The SMILES string of the molecule is CC(C)(C)OC(=O)N1C[C@@H](N2CCN(c3ncnc4ccccc34)CC2)C[C@H]1C(=O)N1CCSC1. The summed E-state index contributed by atoms with van der Waals surface area (Å²) in [6, 6.07) is 7.77. The molecule has 9 nitrogen and oxygen atoms in total. The van der Waals surface area contributed by atoms with Crippen LogP contribution in [0.4, 0.5) is 10.6 Å². The zero-order valence-electron chi connectivity index (χ0n) is 20.7. The van der Waals surface area contributed by atoms with Gasteiger partial charge in [-0.05, 0) is 39.3 Å². The number of piperazine rings is 1. The van der Waals surface area contributed by atoms with E-state index in [4.69, 9.17) is 4.74 Å². The largest absolute Gasteiger partial charge is 0.444 e. The van der Waals surface area contributed by atoms with E-state index in [2.05, 4.69) is 25.8 Å². The van der Waals surface area contributed by atoms with Crippen LogP contribution < -0.4 is 4.90 Å². The highest BCUT2D eigenvalue weighted by Gasteiger charge is 2.45. The van der Waals surface area contributed by atoms with E-state index < -0.39 is 17.7 Å². The average molecular weight is 499 g/mol. The Morgan fingerprint density at radius 1 is 1.06 bits per heavy atom. The molecule has 2 amide bonds. The molecule has 3 aliphatic heterocycles. The summed E-state index contributed by atoms with van der Waals surface area (Å²) in [6.07, 6.45) is 1.89. The summed E-state index contributed by atoms with van der Waals surface area (Å²) in [5.74, 6) is 2.67. The van der Waals surface area contributed by atoms with Gasteiger partial charge in [-0.2, -0.15) is 0 Å². The standard InChI is InChI=1S/C25H34N6O3S/c1-25(2,3)34-24(33)31-15-18(14-21(31)23(32)30-12-13-35-17-30)28-8-10-29(11-9-28)22-19-6-4-5-7-20(19)26-16-27-22/h4-7,16,18,21H,8-15,17H2,1-3H3/t18-,21-/m0/s1. The van der Waals surface area contributed by atoms with Crippen LogP contribution in [0.2, 0.25) is 0 Å². The van der Waals surface area contributed by atoms with Crippen LogP contribution in [0, 0.1) is 0 Å². The van der Waals surface area contributed by atoms with Crippen LogP contribution in [0.5, 0.6) is 0 Å². The third kappa shape index (κ3) is 5.18. The predicted octanol–water partition coefficient (Wildman–Crippen LogP) is 2.66. The van der Waals surface area contributed by atoms with Crippen molar-refractivity contribution in [3.63, 3.8) is 0 Å². The quantitative estimate of drug-likeness (QED) is 0.639. The summed E-state index contributed by atoms with van der Waals surface area (Å²) >= 11 is 1.76. The van der Waals surface area contributed by atoms with Crippen molar-refractivity contribution >= 4 is 40.5 Å². The number of para-hydroxylation sites is 1. The predicted molar refractivity (Wildman–Crippen MR) is 137 cm³/mol. The number of carbonyl (C=O) groups excluding carboxylic acids is 2. The molecule has 0 spiro atoms. The van der Waals surface area contributed by atoms with Gasteiger partial charge in [-0.15, -0.1) is 11.8 Å². The monoisotopic (exact) mass is 498 g/mol. The highest BCUT2D eigenvalue weighted by molar-refractivity contribution is 7.99. The number of fused-ring (bicyclic) bond motifs is 1. The summed E-state index contributed by atoms with van der Waals surface area (Å²) < 4.78 is 5.69. The molecule has 3 fully saturated rings. The molecule has 3 saturated heterocycles. The Balaban J connectivity index is 1.28. The van der Waals surface area contributed by atoms with Crippen molar-refractivity contribution < 1.29 is 14.3 Å². The molecule has 3 aliphatic rings. The first-order valence-corrected chi connectivity index (χ1v) is 13.5. The summed E-state index contributed by atoms with van der Waals surface area (Å²) in [6.45, 7) is 10.2. The fraction of sp³-hybridized carbons (Fsp3) is 0.600. The molecular formula is C25H34N6O3S. The van der Waals surface area contributed by atoms with Crippen LogP contribution in [-0.2, 0) is 9.53 Å². The molecular weight excluding hydrogens is 464 g/mol. The Labute approximate surface area is 210 Å². The molecule has 5 rings (SSSR count). The van der Waals surface area contributed by atoms with Gasteiger partial charge in [0.05, 0.1) is 11.4 Å². The maximum absolute atomic E-state index is 13.3. The molecule has 0 aliphatic carbocycles. The number of likely N-dealkylation sites (tertiary alicyclic amines) is 1. The molecule has 0 bridgehead atoms. The molecule has 35 heavy (non-hydrogen) atoms. The first-order chi connectivity index (χ1) is 16.8. The minimum atomic E-state index is -0.599. The van der Waals surface area contributed by atoms with E-state index in [1.807, 2.05) is 43.9 Å². The molecule has 1 aromatic heterocycles. The maximum Gasteiger partial charge on any atom is 0.411 e. The maximum atomic E-state index is 13.3. The molecule has 2 aromatic rings. The van der Waals surface area contributed by atoms with E-state index >= 15 is 0 Å². The second kappa shape index (κ2) is 9.81. The highest BCUT2D eigenvalue weighted by atomic mass is 32.2. The Morgan fingerprint density at radius 2 is 1.83 bits per heavy atom. The van der Waals surface area contributed by atoms with Crippen molar-refractivity contribution in [1.82, 2.24) is 24.7 Å². The zero-order chi connectivity index (χ0) is 24.6. The minimum absolute atomic E-state index is 0.0504. The number of thioether (sulfide) groups is 1. The van der Waals surface area contributed by atoms with Crippen molar-refractivity contribution in [2.24, 2.45) is 0 Å². The first-order valence-electron chi connectivity index (χ1n) is 12.3. The van der Waals surface area contributed by atoms with Gasteiger partial charge < -0.3 is 14.5 Å². The van der Waals surface area contributed by atoms with Gasteiger partial charge in [0.1, 0.15) is 23.8 Å². The van der Waals surface area contributed by atoms with Gasteiger partial charge in [-0.25, -0.2) is 14.8 Å². The van der Waals surface area contributed by atoms with Crippen LogP contribution in [0.25, 0.3) is 10.9 Å². The molecule has 0 radical (unpaired) electrons. The van der Waals surface area contributed by atoms with E-state index in [0.29, 0.717) is 18.8 Å². The van der Waals surface area contributed by atoms with Crippen molar-refractivity contribution in [1.29, 1.82) is 0 Å². The van der Waals surface area contributed by atoms with Crippen molar-refractivity contribution in [3.8, 4) is 0 Å². The summed E-state index contributed by atoms with van der Waals surface area (Å²) in [5.41, 5.74) is 0.350. The molecule has 10 heteroatoms. The van der Waals surface area contributed by atoms with Crippen LogP contribution >= 0.6 is 11.8 Å². The number of amides is 2. The van der Waals surface area contributed by atoms with Gasteiger partial charge in [0.25, 0.3) is 0 Å². The number of aromatic nitrogens is 2. The summed E-state index contributed by atoms with van der Waals surface area (Å²) in [4.78, 5) is 43.7. The third-order valence-corrected chi connectivity index (χ3v) is 7.87. The number of benzene rings is 1. The van der Waals surface area contributed by atoms with E-state index in [9.17, 15) is 9.59 Å². The van der Waals surface area contributed by atoms with Crippen molar-refractivity contribution in [3.05, 3.63) is 30.6 Å². The molecule has 2 atom stereocenters. The molecule has 1 aromatic carbocycles. The van der Waals surface area contributed by atoms with E-state index in [1.165, 1.54) is 0 Å². The van der Waals surface area contributed by atoms with E-state index in [1.54, 1.807) is 23.0 Å². The van der Waals surface area contributed by atoms with Gasteiger partial charge in [-0.3, -0.25) is 14.6 Å². The zero-order valence-corrected chi connectivity index (χ0v) is 21.5. The van der Waals surface area contributed by atoms with Crippen LogP contribution in [0.3, 0.4) is 0 Å². The molecule has 0 saturated carbocycles. The van der Waals surface area contributed by atoms with Crippen molar-refractivity contribution in [2.45, 2.75) is 44.9 Å². The second-order valence-corrected chi connectivity index (χ2v) is 11.5. The van der Waals surface area contributed by atoms with Crippen LogP contribution in [0.15, 0.2) is 30.6 Å². The Hall–Kier alpha value is -2.59. The minimum Gasteiger partial charge on any atom is -0.444 e. The number of rotatable bonds is 3. The third-order valence-electron chi connectivity index (χ3n) is 6.91. The average Bonchev–Trinajstić information content (AvgIpc) is 3.53. The lowest BCUT2D eigenvalue weighted by molar-refractivity contribution is -0.134. The van der Waals surface area contributed by atoms with Gasteiger partial charge in [0.2, 0.25) is 5.91 Å². The van der Waals surface area contributed by atoms with Gasteiger partial charge in [0.15, 0.2) is 0 Å². The summed E-state index contributed by atoms with van der Waals surface area (Å²) in [7, 11) is 0. The fourth-order valence-corrected chi connectivity index (χ4v) is 6.13. The van der Waals surface area contributed by atoms with Crippen LogP contribution in [0.1, 0.15) is 27.2 Å². The molecule has 188 valence electrons. The van der Waals surface area contributed by atoms with Gasteiger partial charge in [0, 0.05) is 56.4 Å². The smallest absolute Gasteiger partial charge is 0.411 e. The van der Waals surface area contributed by atoms with Crippen molar-refractivity contribution in [2.75, 3.05) is 55.8 Å². The lowest BCUT2D eigenvalue weighted by Gasteiger charge is -2.38. The lowest BCUT2D eigenvalue weighted by Crippen LogP contribution is -2.51. The fourth-order valence-electron chi connectivity index (χ4n) is 5.17. The van der Waals surface area contributed by atoms with E-state index in [0.717, 1.165) is 55.2 Å². The van der Waals surface area contributed by atoms with E-state index in [-0.39, 0.29) is 11.9 Å². The van der Waals surface area contributed by atoms with Gasteiger partial charge >= 0.3 is 6.09 Å². The number of hydrogen-bond donors (Lipinski definition) is 0. The Bertz CT molecular complexity index is 1070. The number of carbonyl (C=O) groups is 2. The Morgan fingerprint density at radius 3 is 2.54 bits per heavy atom. The lowest BCUT2D eigenvalue weighted by atomic mass is 10.1. The molecule has 4 heterocycles. The summed E-state index contributed by atoms with van der Waals surface area (Å²) in [5, 5.41) is 1.06. The number of ether oxygens (including phenoxy) is 1. The van der Waals surface area contributed by atoms with Gasteiger partial charge in [-0.1, -0.05) is 12.1 Å². The first kappa shape index (κ1) is 24.1. The normalized spacial score (nSPS) is 23.8. The molecule has 0 N–H and O–H groups in total. The second-order valence-electron chi connectivity index (χ2n) is 10.4. The number of hydrogen-bond acceptors (Lipinski definition) is 8. The van der Waals surface area contributed by atoms with Crippen LogP contribution in [-0.4, -0.2) is 105 Å².